The number of nitrogens with zero attached hydrogens (tertiary/aromatic N) is 4. The second-order valence-electron chi connectivity index (χ2n) is 16.8. The Labute approximate surface area is 295 Å². The molecular weight excluding hydrogens is 609 g/mol. The summed E-state index contributed by atoms with van der Waals surface area (Å²) in [6.07, 6.45) is 12.7. The lowest BCUT2D eigenvalue weighted by molar-refractivity contribution is -0.00719. The number of fused-ring (bicyclic) bond motifs is 1. The molecule has 4 heterocycles. The highest BCUT2D eigenvalue weighted by atomic mass is 14.8. The van der Waals surface area contributed by atoms with Crippen LogP contribution in [0.1, 0.15) is 97.6 Å². The lowest BCUT2D eigenvalue weighted by Crippen LogP contribution is -2.51. The number of pyridine rings is 4. The fraction of sp³-hybridized carbons (Fsp3) is 0.348. The van der Waals surface area contributed by atoms with Crippen LogP contribution in [0.3, 0.4) is 0 Å². The van der Waals surface area contributed by atoms with E-state index < -0.39 is 0 Å². The van der Waals surface area contributed by atoms with E-state index in [2.05, 4.69) is 123 Å². The van der Waals surface area contributed by atoms with Crippen molar-refractivity contribution in [3.8, 4) is 22.8 Å². The van der Waals surface area contributed by atoms with E-state index in [9.17, 15) is 0 Å². The van der Waals surface area contributed by atoms with E-state index in [0.29, 0.717) is 35.5 Å². The third-order valence-electron chi connectivity index (χ3n) is 13.9. The standard InChI is InChI=1S/C46H44N4/c1-45(2)37-23-39(45)35-25-49-43(41-13-7-9-15-47-41)21-31(35)33(37)19-29-17-27-11-5-6-12-28(27)18-30(29)20-34-32-22-44(42-14-8-10-16-48-42)50-26-36(32)40-24-38(34)46(40,3)4/h5-18,21-22,25-26,33-34,37-40H,19-20,23-24H2,1-4H3/t33-,34-,37-,38-,39+,40+/m1/s1. The molecule has 4 nitrogen and oxygen atoms in total. The minimum absolute atomic E-state index is 0.269. The van der Waals surface area contributed by atoms with Crippen LogP contribution < -0.4 is 0 Å². The Morgan fingerprint density at radius 3 is 1.34 bits per heavy atom. The van der Waals surface area contributed by atoms with Crippen LogP contribution in [-0.2, 0) is 12.8 Å². The van der Waals surface area contributed by atoms with Crippen molar-refractivity contribution in [2.75, 3.05) is 0 Å². The molecule has 12 rings (SSSR count). The molecule has 0 N–H and O–H groups in total. The molecule has 6 aromatic rings. The van der Waals surface area contributed by atoms with Gasteiger partial charge >= 0.3 is 0 Å². The van der Waals surface area contributed by atoms with Crippen molar-refractivity contribution in [1.29, 1.82) is 0 Å². The molecule has 2 saturated carbocycles. The van der Waals surface area contributed by atoms with Gasteiger partial charge in [0.25, 0.3) is 0 Å². The molecule has 4 heteroatoms. The Hall–Kier alpha value is -4.70. The third kappa shape index (κ3) is 4.43. The van der Waals surface area contributed by atoms with Crippen LogP contribution in [0.15, 0.2) is 110 Å². The highest BCUT2D eigenvalue weighted by Gasteiger charge is 2.58. The Kier molecular flexibility index (Phi) is 6.57. The fourth-order valence-corrected chi connectivity index (χ4v) is 11.0. The quantitative estimate of drug-likeness (QED) is 0.180. The van der Waals surface area contributed by atoms with E-state index in [1.807, 2.05) is 24.5 Å². The monoisotopic (exact) mass is 652 g/mol. The van der Waals surface area contributed by atoms with Crippen molar-refractivity contribution >= 4 is 10.8 Å². The summed E-state index contributed by atoms with van der Waals surface area (Å²) < 4.78 is 0. The molecule has 6 aliphatic rings. The summed E-state index contributed by atoms with van der Waals surface area (Å²) in [6, 6.07) is 31.1. The average Bonchev–Trinajstić information content (AvgIpc) is 3.14. The van der Waals surface area contributed by atoms with Crippen molar-refractivity contribution < 1.29 is 0 Å². The van der Waals surface area contributed by atoms with Crippen LogP contribution in [0.25, 0.3) is 33.5 Å². The van der Waals surface area contributed by atoms with Crippen LogP contribution in [0.2, 0.25) is 0 Å². The van der Waals surface area contributed by atoms with Gasteiger partial charge in [-0.15, -0.1) is 0 Å². The zero-order valence-electron chi connectivity index (χ0n) is 29.5. The van der Waals surface area contributed by atoms with Crippen LogP contribution in [0.5, 0.6) is 0 Å². The molecule has 6 aliphatic carbocycles. The van der Waals surface area contributed by atoms with Gasteiger partial charge < -0.3 is 0 Å². The largest absolute Gasteiger partial charge is 0.255 e. The summed E-state index contributed by atoms with van der Waals surface area (Å²) in [4.78, 5) is 19.3. The number of benzene rings is 2. The minimum Gasteiger partial charge on any atom is -0.255 e. The van der Waals surface area contributed by atoms with Gasteiger partial charge in [0.15, 0.2) is 0 Å². The highest BCUT2D eigenvalue weighted by molar-refractivity contribution is 5.84. The summed E-state index contributed by atoms with van der Waals surface area (Å²) in [5, 5.41) is 2.68. The van der Waals surface area contributed by atoms with E-state index >= 15 is 0 Å². The molecule has 2 fully saturated rings. The zero-order chi connectivity index (χ0) is 33.8. The minimum atomic E-state index is 0.269. The smallest absolute Gasteiger partial charge is 0.0889 e. The molecule has 0 unspecified atom stereocenters. The molecular formula is C46H44N4. The van der Waals surface area contributed by atoms with Gasteiger partial charge in [0.1, 0.15) is 0 Å². The lowest BCUT2D eigenvalue weighted by Gasteiger charge is -2.61. The van der Waals surface area contributed by atoms with E-state index in [-0.39, 0.29) is 10.8 Å². The first-order valence-corrected chi connectivity index (χ1v) is 18.6. The normalized spacial score (nSPS) is 26.3. The Morgan fingerprint density at radius 1 is 0.500 bits per heavy atom. The topological polar surface area (TPSA) is 51.6 Å². The second-order valence-corrected chi connectivity index (χ2v) is 16.8. The molecule has 0 aliphatic heterocycles. The number of rotatable bonds is 6. The van der Waals surface area contributed by atoms with Gasteiger partial charge in [-0.1, -0.05) is 76.2 Å². The van der Waals surface area contributed by atoms with E-state index in [4.69, 9.17) is 9.97 Å². The first-order chi connectivity index (χ1) is 24.3. The predicted molar refractivity (Wildman–Crippen MR) is 201 cm³/mol. The van der Waals surface area contributed by atoms with Crippen LogP contribution in [-0.4, -0.2) is 19.9 Å². The van der Waals surface area contributed by atoms with Gasteiger partial charge in [0.2, 0.25) is 0 Å². The molecule has 4 bridgehead atoms. The number of hydrogen-bond donors (Lipinski definition) is 0. The van der Waals surface area contributed by atoms with Crippen LogP contribution >= 0.6 is 0 Å². The maximum absolute atomic E-state index is 4.98. The molecule has 6 atom stereocenters. The van der Waals surface area contributed by atoms with Gasteiger partial charge in [0, 0.05) is 24.8 Å². The summed E-state index contributed by atoms with van der Waals surface area (Å²) in [5.41, 5.74) is 13.4. The number of aromatic nitrogens is 4. The maximum atomic E-state index is 4.98. The van der Waals surface area contributed by atoms with Gasteiger partial charge in [-0.2, -0.15) is 0 Å². The Bertz CT molecular complexity index is 2110. The summed E-state index contributed by atoms with van der Waals surface area (Å²) >= 11 is 0. The first-order valence-electron chi connectivity index (χ1n) is 18.6. The number of hydrogen-bond acceptors (Lipinski definition) is 4. The predicted octanol–water partition coefficient (Wildman–Crippen LogP) is 10.7. The fourth-order valence-electron chi connectivity index (χ4n) is 11.0. The van der Waals surface area contributed by atoms with Crippen LogP contribution in [0, 0.1) is 22.7 Å². The van der Waals surface area contributed by atoms with Gasteiger partial charge in [-0.3, -0.25) is 19.9 Å². The van der Waals surface area contributed by atoms with E-state index in [1.54, 1.807) is 0 Å². The molecule has 0 spiro atoms. The van der Waals surface area contributed by atoms with Gasteiger partial charge in [0.05, 0.1) is 22.8 Å². The summed E-state index contributed by atoms with van der Waals surface area (Å²) in [7, 11) is 0. The second kappa shape index (κ2) is 10.9. The van der Waals surface area contributed by atoms with Gasteiger partial charge in [-0.05, 0) is 153 Å². The zero-order valence-corrected chi connectivity index (χ0v) is 29.5. The molecule has 248 valence electrons. The van der Waals surface area contributed by atoms with E-state index in [0.717, 1.165) is 35.6 Å². The highest BCUT2D eigenvalue weighted by Crippen LogP contribution is 2.68. The summed E-state index contributed by atoms with van der Waals surface area (Å²) in [6.45, 7) is 9.99. The van der Waals surface area contributed by atoms with Crippen molar-refractivity contribution in [2.45, 2.75) is 77.0 Å². The van der Waals surface area contributed by atoms with Crippen molar-refractivity contribution in [2.24, 2.45) is 22.7 Å². The molecule has 0 radical (unpaired) electrons. The Balaban J connectivity index is 1.08. The van der Waals surface area contributed by atoms with E-state index in [1.165, 1.54) is 57.0 Å². The average molecular weight is 653 g/mol. The molecule has 4 aromatic heterocycles. The van der Waals surface area contributed by atoms with Gasteiger partial charge in [-0.25, -0.2) is 0 Å². The first kappa shape index (κ1) is 30.2. The summed E-state index contributed by atoms with van der Waals surface area (Å²) in [5.74, 6) is 3.33. The van der Waals surface area contributed by atoms with Crippen LogP contribution in [0.4, 0.5) is 0 Å². The lowest BCUT2D eigenvalue weighted by atomic mass is 9.43. The van der Waals surface area contributed by atoms with Crippen molar-refractivity contribution in [3.63, 3.8) is 0 Å². The Morgan fingerprint density at radius 2 is 0.940 bits per heavy atom. The molecule has 0 saturated heterocycles. The molecule has 2 aromatic carbocycles. The third-order valence-corrected chi connectivity index (χ3v) is 13.9. The maximum Gasteiger partial charge on any atom is 0.0889 e. The molecule has 0 amide bonds. The molecule has 50 heavy (non-hydrogen) atoms. The van der Waals surface area contributed by atoms with Crippen molar-refractivity contribution in [1.82, 2.24) is 19.9 Å². The van der Waals surface area contributed by atoms with Crippen molar-refractivity contribution in [3.05, 3.63) is 143 Å². The SMILES string of the molecule is CC1(C)[C@@H]2C[C@H]1c1cnc(-c3ccccn3)cc1[C@H]2Cc1cc2ccccc2cc1C[C@@H]1c2cc(-c3ccccn3)ncc2[C@@H]2C[C@H]1C2(C)C.